The molecule has 0 radical (unpaired) electrons. The fourth-order valence-corrected chi connectivity index (χ4v) is 3.51. The molecule has 1 fully saturated rings. The Bertz CT molecular complexity index is 423. The van der Waals surface area contributed by atoms with Gasteiger partial charge in [-0.15, -0.1) is 22.9 Å². The Balaban J connectivity index is 1.96. The van der Waals surface area contributed by atoms with Gasteiger partial charge in [-0.3, -0.25) is 4.79 Å². The van der Waals surface area contributed by atoms with Crippen LogP contribution in [-0.2, 0) is 17.1 Å². The molecule has 1 amide bonds. The van der Waals surface area contributed by atoms with E-state index < -0.39 is 0 Å². The van der Waals surface area contributed by atoms with Crippen LogP contribution in [0.15, 0.2) is 5.38 Å². The second-order valence-electron chi connectivity index (χ2n) is 4.79. The number of carbonyl (C=O) groups excluding carboxylic acids is 1. The van der Waals surface area contributed by atoms with Gasteiger partial charge < -0.3 is 10.0 Å². The van der Waals surface area contributed by atoms with Crippen molar-refractivity contribution in [3.8, 4) is 0 Å². The summed E-state index contributed by atoms with van der Waals surface area (Å²) in [5.41, 5.74) is 0.833. The zero-order valence-electron chi connectivity index (χ0n) is 10.8. The fourth-order valence-electron chi connectivity index (χ4n) is 2.50. The first kappa shape index (κ1) is 14.8. The monoisotopic (exact) mass is 302 g/mol. The lowest BCUT2D eigenvalue weighted by atomic mass is 9.99. The number of carbonyl (C=O) groups is 1. The average Bonchev–Trinajstić information content (AvgIpc) is 2.87. The van der Waals surface area contributed by atoms with Crippen LogP contribution in [0.4, 0.5) is 0 Å². The standard InChI is InChI=1S/C13H19ClN2O2S/c14-8-10-9-19-12(15-10)7-13(18)16-5-2-1-3-11(16)4-6-17/h9,11,17H,1-8H2. The first-order valence-corrected chi connectivity index (χ1v) is 8.05. The van der Waals surface area contributed by atoms with Crippen molar-refractivity contribution in [2.45, 2.75) is 44.0 Å². The number of nitrogens with zero attached hydrogens (tertiary/aromatic N) is 2. The Morgan fingerprint density at radius 3 is 3.11 bits per heavy atom. The molecule has 0 saturated carbocycles. The van der Waals surface area contributed by atoms with Crippen LogP contribution in [0.3, 0.4) is 0 Å². The van der Waals surface area contributed by atoms with Crippen molar-refractivity contribution in [3.63, 3.8) is 0 Å². The Hall–Kier alpha value is -0.650. The number of aromatic nitrogens is 1. The molecule has 1 aromatic rings. The molecule has 1 saturated heterocycles. The molecular weight excluding hydrogens is 284 g/mol. The summed E-state index contributed by atoms with van der Waals surface area (Å²) in [6.45, 7) is 0.944. The highest BCUT2D eigenvalue weighted by atomic mass is 35.5. The number of thiazole rings is 1. The van der Waals surface area contributed by atoms with E-state index >= 15 is 0 Å². The lowest BCUT2D eigenvalue weighted by Gasteiger charge is -2.35. The number of likely N-dealkylation sites (tertiary alicyclic amines) is 1. The molecule has 19 heavy (non-hydrogen) atoms. The molecule has 106 valence electrons. The van der Waals surface area contributed by atoms with Gasteiger partial charge in [0.15, 0.2) is 0 Å². The van der Waals surface area contributed by atoms with E-state index in [2.05, 4.69) is 4.98 Å². The maximum Gasteiger partial charge on any atom is 0.229 e. The highest BCUT2D eigenvalue weighted by Crippen LogP contribution is 2.21. The van der Waals surface area contributed by atoms with Crippen molar-refractivity contribution in [3.05, 3.63) is 16.1 Å². The van der Waals surface area contributed by atoms with E-state index in [9.17, 15) is 4.79 Å². The molecule has 1 aromatic heterocycles. The summed E-state index contributed by atoms with van der Waals surface area (Å²) in [6.07, 6.45) is 4.22. The summed E-state index contributed by atoms with van der Waals surface area (Å²) in [5, 5.41) is 11.8. The van der Waals surface area contributed by atoms with Crippen LogP contribution < -0.4 is 0 Å². The third-order valence-electron chi connectivity index (χ3n) is 3.45. The smallest absolute Gasteiger partial charge is 0.229 e. The Labute approximate surface area is 122 Å². The Kier molecular flexibility index (Phi) is 5.60. The minimum Gasteiger partial charge on any atom is -0.396 e. The predicted octanol–water partition coefficient (Wildman–Crippen LogP) is 2.19. The zero-order chi connectivity index (χ0) is 13.7. The van der Waals surface area contributed by atoms with Crippen molar-refractivity contribution < 1.29 is 9.90 Å². The van der Waals surface area contributed by atoms with Gasteiger partial charge in [-0.05, 0) is 25.7 Å². The molecule has 0 aromatic carbocycles. The quantitative estimate of drug-likeness (QED) is 0.848. The second-order valence-corrected chi connectivity index (χ2v) is 6.00. The van der Waals surface area contributed by atoms with Crippen LogP contribution in [0.25, 0.3) is 0 Å². The van der Waals surface area contributed by atoms with Gasteiger partial charge in [0.05, 0.1) is 18.0 Å². The summed E-state index contributed by atoms with van der Waals surface area (Å²) in [7, 11) is 0. The van der Waals surface area contributed by atoms with Gasteiger partial charge in [0.2, 0.25) is 5.91 Å². The number of hydrogen-bond acceptors (Lipinski definition) is 4. The van der Waals surface area contributed by atoms with Gasteiger partial charge >= 0.3 is 0 Å². The number of hydrogen-bond donors (Lipinski definition) is 1. The van der Waals surface area contributed by atoms with E-state index in [-0.39, 0.29) is 18.6 Å². The molecule has 1 aliphatic rings. The third kappa shape index (κ3) is 3.91. The van der Waals surface area contributed by atoms with E-state index in [1.807, 2.05) is 10.3 Å². The lowest BCUT2D eigenvalue weighted by Crippen LogP contribution is -2.44. The van der Waals surface area contributed by atoms with Crippen molar-refractivity contribution in [1.82, 2.24) is 9.88 Å². The van der Waals surface area contributed by atoms with Gasteiger partial charge in [0.1, 0.15) is 5.01 Å². The number of aliphatic hydroxyl groups is 1. The molecule has 6 heteroatoms. The molecule has 0 spiro atoms. The topological polar surface area (TPSA) is 53.4 Å². The van der Waals surface area contributed by atoms with Crippen LogP contribution in [0.1, 0.15) is 36.4 Å². The Morgan fingerprint density at radius 1 is 1.58 bits per heavy atom. The SMILES string of the molecule is O=C(Cc1nc(CCl)cs1)N1CCCCC1CCO. The summed E-state index contributed by atoms with van der Waals surface area (Å²) in [5.74, 6) is 0.510. The fraction of sp³-hybridized carbons (Fsp3) is 0.692. The number of aliphatic hydroxyl groups excluding tert-OH is 1. The minimum atomic E-state index is 0.119. The number of piperidine rings is 1. The average molecular weight is 303 g/mol. The molecule has 1 atom stereocenters. The van der Waals surface area contributed by atoms with Gasteiger partial charge in [-0.2, -0.15) is 0 Å². The maximum absolute atomic E-state index is 12.3. The minimum absolute atomic E-state index is 0.119. The normalized spacial score (nSPS) is 19.7. The van der Waals surface area contributed by atoms with E-state index in [0.29, 0.717) is 18.7 Å². The van der Waals surface area contributed by atoms with Crippen molar-refractivity contribution in [2.75, 3.05) is 13.2 Å². The molecule has 2 rings (SSSR count). The second kappa shape index (κ2) is 7.22. The molecule has 1 aliphatic heterocycles. The van der Waals surface area contributed by atoms with Crippen molar-refractivity contribution in [2.24, 2.45) is 0 Å². The molecule has 4 nitrogen and oxygen atoms in total. The van der Waals surface area contributed by atoms with E-state index in [4.69, 9.17) is 16.7 Å². The largest absolute Gasteiger partial charge is 0.396 e. The molecule has 1 unspecified atom stereocenters. The highest BCUT2D eigenvalue weighted by Gasteiger charge is 2.26. The number of amides is 1. The highest BCUT2D eigenvalue weighted by molar-refractivity contribution is 7.09. The van der Waals surface area contributed by atoms with Crippen LogP contribution in [0.5, 0.6) is 0 Å². The van der Waals surface area contributed by atoms with Crippen LogP contribution in [0, 0.1) is 0 Å². The van der Waals surface area contributed by atoms with Gasteiger partial charge in [-0.25, -0.2) is 4.98 Å². The number of halogens is 1. The Morgan fingerprint density at radius 2 is 2.42 bits per heavy atom. The third-order valence-corrected chi connectivity index (χ3v) is 4.62. The first-order chi connectivity index (χ1) is 9.24. The zero-order valence-corrected chi connectivity index (χ0v) is 12.4. The molecular formula is C13H19ClN2O2S. The number of alkyl halides is 1. The van der Waals surface area contributed by atoms with Crippen molar-refractivity contribution in [1.29, 1.82) is 0 Å². The molecule has 0 bridgehead atoms. The van der Waals surface area contributed by atoms with Crippen molar-refractivity contribution >= 4 is 28.8 Å². The summed E-state index contributed by atoms with van der Waals surface area (Å²) in [4.78, 5) is 18.6. The summed E-state index contributed by atoms with van der Waals surface area (Å²) in [6, 6.07) is 0.193. The first-order valence-electron chi connectivity index (χ1n) is 6.64. The summed E-state index contributed by atoms with van der Waals surface area (Å²) >= 11 is 7.20. The number of rotatable bonds is 5. The van der Waals surface area contributed by atoms with Crippen LogP contribution in [-0.4, -0.2) is 40.1 Å². The lowest BCUT2D eigenvalue weighted by molar-refractivity contribution is -0.134. The van der Waals surface area contributed by atoms with Gasteiger partial charge in [0.25, 0.3) is 0 Å². The maximum atomic E-state index is 12.3. The van der Waals surface area contributed by atoms with E-state index in [0.717, 1.165) is 36.5 Å². The molecule has 1 N–H and O–H groups in total. The van der Waals surface area contributed by atoms with Gasteiger partial charge in [0, 0.05) is 24.6 Å². The molecule has 2 heterocycles. The predicted molar refractivity (Wildman–Crippen MR) is 76.4 cm³/mol. The summed E-state index contributed by atoms with van der Waals surface area (Å²) < 4.78 is 0. The van der Waals surface area contributed by atoms with Crippen LogP contribution in [0.2, 0.25) is 0 Å². The van der Waals surface area contributed by atoms with E-state index in [1.54, 1.807) is 0 Å². The van der Waals surface area contributed by atoms with E-state index in [1.165, 1.54) is 11.3 Å². The molecule has 0 aliphatic carbocycles. The van der Waals surface area contributed by atoms with Crippen LogP contribution >= 0.6 is 22.9 Å². The van der Waals surface area contributed by atoms with Gasteiger partial charge in [-0.1, -0.05) is 0 Å².